The van der Waals surface area contributed by atoms with Crippen LogP contribution in [0.2, 0.25) is 5.02 Å². The van der Waals surface area contributed by atoms with Crippen LogP contribution >= 0.6 is 11.6 Å². The molecule has 0 fully saturated rings. The Labute approximate surface area is 162 Å². The molecule has 0 spiro atoms. The number of amides is 1. The van der Waals surface area contributed by atoms with Crippen molar-refractivity contribution in [3.05, 3.63) is 76.6 Å². The largest absolute Gasteiger partial charge is 0.497 e. The van der Waals surface area contributed by atoms with Gasteiger partial charge in [0.15, 0.2) is 5.82 Å². The second kappa shape index (κ2) is 7.37. The fraction of sp³-hybridized carbons (Fsp3) is 0.190. The fourth-order valence-corrected chi connectivity index (χ4v) is 3.36. The monoisotopic (exact) mass is 379 g/mol. The first kappa shape index (κ1) is 17.5. The Morgan fingerprint density at radius 2 is 2.00 bits per heavy atom. The van der Waals surface area contributed by atoms with Gasteiger partial charge in [-0.25, -0.2) is 9.97 Å². The van der Waals surface area contributed by atoms with E-state index in [1.165, 1.54) is 0 Å². The highest BCUT2D eigenvalue weighted by atomic mass is 35.5. The number of rotatable bonds is 3. The van der Waals surface area contributed by atoms with Crippen molar-refractivity contribution in [3.63, 3.8) is 0 Å². The summed E-state index contributed by atoms with van der Waals surface area (Å²) in [4.78, 5) is 23.7. The van der Waals surface area contributed by atoms with Gasteiger partial charge < -0.3 is 9.64 Å². The SMILES string of the molecule is COc1ccc(-c2ncc3c(n2)CCN(C(=O)c2cccc(Cl)c2)C3)cc1. The number of nitrogens with zero attached hydrogens (tertiary/aromatic N) is 3. The van der Waals surface area contributed by atoms with Crippen molar-refractivity contribution in [2.75, 3.05) is 13.7 Å². The van der Waals surface area contributed by atoms with E-state index in [4.69, 9.17) is 21.3 Å². The summed E-state index contributed by atoms with van der Waals surface area (Å²) in [5.41, 5.74) is 3.51. The van der Waals surface area contributed by atoms with E-state index in [2.05, 4.69) is 4.98 Å². The van der Waals surface area contributed by atoms with Crippen molar-refractivity contribution in [1.82, 2.24) is 14.9 Å². The van der Waals surface area contributed by atoms with Crippen LogP contribution in [0.1, 0.15) is 21.6 Å². The van der Waals surface area contributed by atoms with Gasteiger partial charge in [-0.3, -0.25) is 4.79 Å². The fourth-order valence-electron chi connectivity index (χ4n) is 3.17. The van der Waals surface area contributed by atoms with Crippen LogP contribution in [0.4, 0.5) is 0 Å². The molecule has 1 amide bonds. The molecule has 0 N–H and O–H groups in total. The number of fused-ring (bicyclic) bond motifs is 1. The molecule has 1 aliphatic heterocycles. The molecule has 3 aromatic rings. The summed E-state index contributed by atoms with van der Waals surface area (Å²) >= 11 is 6.00. The zero-order valence-electron chi connectivity index (χ0n) is 14.9. The van der Waals surface area contributed by atoms with E-state index < -0.39 is 0 Å². The number of carbonyl (C=O) groups excluding carboxylic acids is 1. The van der Waals surface area contributed by atoms with E-state index in [0.717, 1.165) is 22.6 Å². The Morgan fingerprint density at radius 1 is 1.19 bits per heavy atom. The first-order valence-electron chi connectivity index (χ1n) is 8.68. The molecule has 136 valence electrons. The molecule has 0 bridgehead atoms. The predicted octanol–water partition coefficient (Wildman–Crippen LogP) is 4.00. The third-order valence-electron chi connectivity index (χ3n) is 4.64. The smallest absolute Gasteiger partial charge is 0.254 e. The van der Waals surface area contributed by atoms with E-state index >= 15 is 0 Å². The highest BCUT2D eigenvalue weighted by molar-refractivity contribution is 6.30. The van der Waals surface area contributed by atoms with Gasteiger partial charge in [-0.2, -0.15) is 0 Å². The Morgan fingerprint density at radius 3 is 2.74 bits per heavy atom. The molecular formula is C21H18ClN3O2. The van der Waals surface area contributed by atoms with E-state index in [1.54, 1.807) is 31.4 Å². The molecule has 0 saturated heterocycles. The number of carbonyl (C=O) groups is 1. The van der Waals surface area contributed by atoms with E-state index in [-0.39, 0.29) is 5.91 Å². The summed E-state index contributed by atoms with van der Waals surface area (Å²) in [5.74, 6) is 1.46. The first-order valence-corrected chi connectivity index (χ1v) is 9.06. The maximum Gasteiger partial charge on any atom is 0.254 e. The number of ether oxygens (including phenoxy) is 1. The van der Waals surface area contributed by atoms with Crippen molar-refractivity contribution < 1.29 is 9.53 Å². The van der Waals surface area contributed by atoms with Crippen LogP contribution in [-0.2, 0) is 13.0 Å². The molecular weight excluding hydrogens is 362 g/mol. The molecule has 0 aliphatic carbocycles. The van der Waals surface area contributed by atoms with Crippen LogP contribution in [0.3, 0.4) is 0 Å². The van der Waals surface area contributed by atoms with Gasteiger partial charge in [-0.05, 0) is 42.5 Å². The minimum absolute atomic E-state index is 0.0256. The van der Waals surface area contributed by atoms with Gasteiger partial charge in [0.2, 0.25) is 0 Å². The minimum Gasteiger partial charge on any atom is -0.497 e. The van der Waals surface area contributed by atoms with Crippen LogP contribution in [0.5, 0.6) is 5.75 Å². The standard InChI is InChI=1S/C21H18ClN3O2/c1-27-18-7-5-14(6-8-18)20-23-12-16-13-25(10-9-19(16)24-20)21(26)15-3-2-4-17(22)11-15/h2-8,11-12H,9-10,13H2,1H3. The average molecular weight is 380 g/mol. The normalized spacial score (nSPS) is 13.2. The second-order valence-corrected chi connectivity index (χ2v) is 6.82. The Bertz CT molecular complexity index is 989. The van der Waals surface area contributed by atoms with E-state index in [0.29, 0.717) is 35.9 Å². The molecule has 1 aromatic heterocycles. The second-order valence-electron chi connectivity index (χ2n) is 6.38. The summed E-state index contributed by atoms with van der Waals surface area (Å²) < 4.78 is 5.19. The molecule has 1 aliphatic rings. The molecule has 6 heteroatoms. The zero-order chi connectivity index (χ0) is 18.8. The Hall–Kier alpha value is -2.92. The van der Waals surface area contributed by atoms with Gasteiger partial charge in [-0.1, -0.05) is 17.7 Å². The molecule has 0 saturated carbocycles. The van der Waals surface area contributed by atoms with Crippen LogP contribution in [0.25, 0.3) is 11.4 Å². The molecule has 5 nitrogen and oxygen atoms in total. The van der Waals surface area contributed by atoms with Crippen molar-refractivity contribution in [3.8, 4) is 17.1 Å². The van der Waals surface area contributed by atoms with Gasteiger partial charge in [-0.15, -0.1) is 0 Å². The van der Waals surface area contributed by atoms with Crippen LogP contribution in [0.15, 0.2) is 54.7 Å². The summed E-state index contributed by atoms with van der Waals surface area (Å²) in [6.07, 6.45) is 2.52. The van der Waals surface area contributed by atoms with Gasteiger partial charge in [0.1, 0.15) is 5.75 Å². The van der Waals surface area contributed by atoms with Crippen molar-refractivity contribution in [1.29, 1.82) is 0 Å². The minimum atomic E-state index is -0.0256. The lowest BCUT2D eigenvalue weighted by Crippen LogP contribution is -2.36. The van der Waals surface area contributed by atoms with Crippen LogP contribution in [-0.4, -0.2) is 34.4 Å². The highest BCUT2D eigenvalue weighted by Crippen LogP contribution is 2.24. The topological polar surface area (TPSA) is 55.3 Å². The third kappa shape index (κ3) is 3.64. The maximum atomic E-state index is 12.7. The number of aromatic nitrogens is 2. The molecule has 0 atom stereocenters. The third-order valence-corrected chi connectivity index (χ3v) is 4.88. The molecule has 2 aromatic carbocycles. The number of halogens is 1. The number of benzene rings is 2. The van der Waals surface area contributed by atoms with E-state index in [9.17, 15) is 4.79 Å². The highest BCUT2D eigenvalue weighted by Gasteiger charge is 2.23. The molecule has 27 heavy (non-hydrogen) atoms. The van der Waals surface area contributed by atoms with E-state index in [1.807, 2.05) is 35.4 Å². The van der Waals surface area contributed by atoms with Gasteiger partial charge in [0.05, 0.1) is 12.8 Å². The summed E-state index contributed by atoms with van der Waals surface area (Å²) in [6.45, 7) is 1.13. The van der Waals surface area contributed by atoms with Crippen molar-refractivity contribution >= 4 is 17.5 Å². The number of hydrogen-bond acceptors (Lipinski definition) is 4. The molecule has 0 radical (unpaired) electrons. The van der Waals surface area contributed by atoms with Crippen LogP contribution in [0, 0.1) is 0 Å². The van der Waals surface area contributed by atoms with Gasteiger partial charge in [0, 0.05) is 47.4 Å². The summed E-state index contributed by atoms with van der Waals surface area (Å²) in [7, 11) is 1.64. The first-order chi connectivity index (χ1) is 13.1. The van der Waals surface area contributed by atoms with Crippen molar-refractivity contribution in [2.45, 2.75) is 13.0 Å². The lowest BCUT2D eigenvalue weighted by atomic mass is 10.1. The Balaban J connectivity index is 1.54. The summed E-state index contributed by atoms with van der Waals surface area (Å²) in [5, 5.41) is 0.561. The number of hydrogen-bond donors (Lipinski definition) is 0. The molecule has 4 rings (SSSR count). The Kier molecular flexibility index (Phi) is 4.77. The molecule has 2 heterocycles. The lowest BCUT2D eigenvalue weighted by Gasteiger charge is -2.28. The average Bonchev–Trinajstić information content (AvgIpc) is 2.72. The van der Waals surface area contributed by atoms with Crippen LogP contribution < -0.4 is 4.74 Å². The number of methoxy groups -OCH3 is 1. The lowest BCUT2D eigenvalue weighted by molar-refractivity contribution is 0.0733. The predicted molar refractivity (Wildman–Crippen MR) is 104 cm³/mol. The zero-order valence-corrected chi connectivity index (χ0v) is 15.6. The summed E-state index contributed by atoms with van der Waals surface area (Å²) in [6, 6.07) is 14.7. The quantitative estimate of drug-likeness (QED) is 0.690. The van der Waals surface area contributed by atoms with Gasteiger partial charge >= 0.3 is 0 Å². The van der Waals surface area contributed by atoms with Crippen molar-refractivity contribution in [2.24, 2.45) is 0 Å². The maximum absolute atomic E-state index is 12.7. The van der Waals surface area contributed by atoms with Gasteiger partial charge in [0.25, 0.3) is 5.91 Å². The molecule has 0 unspecified atom stereocenters.